The number of amides is 2. The second-order valence-electron chi connectivity index (χ2n) is 7.04. The number of carbonyl (C=O) groups is 2. The molecule has 2 saturated heterocycles. The van der Waals surface area contributed by atoms with Crippen molar-refractivity contribution < 1.29 is 9.59 Å². The molecule has 1 atom stereocenters. The van der Waals surface area contributed by atoms with Crippen molar-refractivity contribution in [1.29, 1.82) is 0 Å². The summed E-state index contributed by atoms with van der Waals surface area (Å²) in [5.41, 5.74) is 7.86. The van der Waals surface area contributed by atoms with Crippen molar-refractivity contribution in [2.75, 3.05) is 24.5 Å². The van der Waals surface area contributed by atoms with Crippen LogP contribution in [0.15, 0.2) is 6.33 Å². The van der Waals surface area contributed by atoms with Crippen LogP contribution in [0.3, 0.4) is 0 Å². The fourth-order valence-corrected chi connectivity index (χ4v) is 4.28. The van der Waals surface area contributed by atoms with E-state index in [-0.39, 0.29) is 30.2 Å². The van der Waals surface area contributed by atoms with Gasteiger partial charge in [-0.1, -0.05) is 0 Å². The Morgan fingerprint density at radius 1 is 1.21 bits per heavy atom. The van der Waals surface area contributed by atoms with E-state index < -0.39 is 0 Å². The van der Waals surface area contributed by atoms with Crippen LogP contribution in [-0.4, -0.2) is 52.4 Å². The maximum Gasteiger partial charge on any atom is 0.223 e. The number of anilines is 1. The molecule has 0 saturated carbocycles. The summed E-state index contributed by atoms with van der Waals surface area (Å²) in [4.78, 5) is 36.6. The number of carbonyl (C=O) groups excluding carboxylic acids is 2. The Morgan fingerprint density at radius 2 is 2.00 bits per heavy atom. The predicted octanol–water partition coefficient (Wildman–Crippen LogP) is 0.268. The lowest BCUT2D eigenvalue weighted by molar-refractivity contribution is -0.130. The van der Waals surface area contributed by atoms with Gasteiger partial charge in [0.2, 0.25) is 11.8 Å². The minimum Gasteiger partial charge on any atom is -0.369 e. The summed E-state index contributed by atoms with van der Waals surface area (Å²) in [6, 6.07) is 0.216. The quantitative estimate of drug-likeness (QED) is 0.859. The summed E-state index contributed by atoms with van der Waals surface area (Å²) in [5, 5.41) is 0. The van der Waals surface area contributed by atoms with Gasteiger partial charge in [0.1, 0.15) is 12.1 Å². The van der Waals surface area contributed by atoms with Crippen molar-refractivity contribution in [2.45, 2.75) is 44.6 Å². The Bertz CT molecular complexity index is 669. The predicted molar refractivity (Wildman–Crippen MR) is 88.3 cm³/mol. The van der Waals surface area contributed by atoms with Crippen molar-refractivity contribution >= 4 is 17.6 Å². The number of rotatable bonds is 3. The van der Waals surface area contributed by atoms with Crippen molar-refractivity contribution in [3.63, 3.8) is 0 Å². The van der Waals surface area contributed by atoms with Crippen LogP contribution >= 0.6 is 0 Å². The molecule has 7 heteroatoms. The van der Waals surface area contributed by atoms with Gasteiger partial charge in [0.05, 0.1) is 5.92 Å². The van der Waals surface area contributed by atoms with Crippen molar-refractivity contribution in [3.8, 4) is 0 Å². The van der Waals surface area contributed by atoms with Crippen LogP contribution in [0.5, 0.6) is 0 Å². The van der Waals surface area contributed by atoms with Crippen LogP contribution < -0.4 is 10.6 Å². The second kappa shape index (κ2) is 6.03. The monoisotopic (exact) mass is 329 g/mol. The first-order valence-electron chi connectivity index (χ1n) is 8.80. The van der Waals surface area contributed by atoms with E-state index in [1.54, 1.807) is 6.33 Å². The van der Waals surface area contributed by atoms with Gasteiger partial charge in [-0.2, -0.15) is 0 Å². The number of likely N-dealkylation sites (tertiary alicyclic amines) is 1. The fourth-order valence-electron chi connectivity index (χ4n) is 4.28. The summed E-state index contributed by atoms with van der Waals surface area (Å²) in [5.74, 6) is 0.472. The number of hydrogen-bond donors (Lipinski definition) is 1. The maximum atomic E-state index is 12.2. The van der Waals surface area contributed by atoms with E-state index in [9.17, 15) is 9.59 Å². The SMILES string of the molecule is NC(=O)C1CC(=O)N(C2CCN(c3ncnc4c3CCC4)CC2)C1. The molecule has 4 rings (SSSR count). The van der Waals surface area contributed by atoms with Crippen molar-refractivity contribution in [3.05, 3.63) is 17.6 Å². The number of nitrogens with zero attached hydrogens (tertiary/aromatic N) is 4. The fraction of sp³-hybridized carbons (Fsp3) is 0.647. The molecule has 128 valence electrons. The number of nitrogens with two attached hydrogens (primary N) is 1. The van der Waals surface area contributed by atoms with Crippen LogP contribution in [0.25, 0.3) is 0 Å². The van der Waals surface area contributed by atoms with E-state index in [1.165, 1.54) is 11.3 Å². The highest BCUT2D eigenvalue weighted by atomic mass is 16.2. The first-order valence-corrected chi connectivity index (χ1v) is 8.80. The molecule has 1 aromatic rings. The van der Waals surface area contributed by atoms with Gasteiger partial charge < -0.3 is 15.5 Å². The second-order valence-corrected chi connectivity index (χ2v) is 7.04. The average Bonchev–Trinajstić information content (AvgIpc) is 3.21. The zero-order valence-electron chi connectivity index (χ0n) is 13.8. The maximum absolute atomic E-state index is 12.2. The van der Waals surface area contributed by atoms with Crippen molar-refractivity contribution in [1.82, 2.24) is 14.9 Å². The van der Waals surface area contributed by atoms with Crippen LogP contribution in [0, 0.1) is 5.92 Å². The van der Waals surface area contributed by atoms with E-state index in [0.717, 1.165) is 51.0 Å². The smallest absolute Gasteiger partial charge is 0.223 e. The molecule has 1 aromatic heterocycles. The van der Waals surface area contributed by atoms with Gasteiger partial charge in [-0.25, -0.2) is 9.97 Å². The summed E-state index contributed by atoms with van der Waals surface area (Å²) < 4.78 is 0. The first kappa shape index (κ1) is 15.4. The average molecular weight is 329 g/mol. The molecule has 24 heavy (non-hydrogen) atoms. The molecule has 0 spiro atoms. The Balaban J connectivity index is 1.42. The standard InChI is InChI=1S/C17H23N5O2/c18-16(24)11-8-15(23)22(9-11)12-4-6-21(7-5-12)17-13-2-1-3-14(13)19-10-20-17/h10-12H,1-9H2,(H2,18,24). The molecular formula is C17H23N5O2. The molecule has 0 aromatic carbocycles. The lowest BCUT2D eigenvalue weighted by atomic mass is 10.0. The highest BCUT2D eigenvalue weighted by Crippen LogP contribution is 2.31. The van der Waals surface area contributed by atoms with E-state index in [1.807, 2.05) is 4.90 Å². The number of aromatic nitrogens is 2. The van der Waals surface area contributed by atoms with Gasteiger partial charge in [-0.05, 0) is 32.1 Å². The summed E-state index contributed by atoms with van der Waals surface area (Å²) >= 11 is 0. The Hall–Kier alpha value is -2.18. The zero-order valence-corrected chi connectivity index (χ0v) is 13.8. The molecule has 0 radical (unpaired) electrons. The number of aryl methyl sites for hydroxylation is 1. The summed E-state index contributed by atoms with van der Waals surface area (Å²) in [6.07, 6.45) is 7.05. The van der Waals surface area contributed by atoms with Crippen molar-refractivity contribution in [2.24, 2.45) is 11.7 Å². The van der Waals surface area contributed by atoms with Crippen LogP contribution in [-0.2, 0) is 22.4 Å². The number of primary amides is 1. The molecule has 2 N–H and O–H groups in total. The summed E-state index contributed by atoms with van der Waals surface area (Å²) in [7, 11) is 0. The van der Waals surface area contributed by atoms with Crippen LogP contribution in [0.2, 0.25) is 0 Å². The van der Waals surface area contributed by atoms with Gasteiger partial charge >= 0.3 is 0 Å². The van der Waals surface area contributed by atoms with Gasteiger partial charge in [0.25, 0.3) is 0 Å². The highest BCUT2D eigenvalue weighted by molar-refractivity contribution is 5.88. The molecule has 2 amide bonds. The normalized spacial score (nSPS) is 24.5. The first-order chi connectivity index (χ1) is 11.6. The minimum atomic E-state index is -0.361. The van der Waals surface area contributed by atoms with E-state index >= 15 is 0 Å². The third-order valence-electron chi connectivity index (χ3n) is 5.62. The van der Waals surface area contributed by atoms with E-state index in [4.69, 9.17) is 5.73 Å². The van der Waals surface area contributed by atoms with Gasteiger partial charge in [0, 0.05) is 43.4 Å². The number of hydrogen-bond acceptors (Lipinski definition) is 5. The Kier molecular flexibility index (Phi) is 3.86. The number of fused-ring (bicyclic) bond motifs is 1. The molecule has 3 aliphatic rings. The van der Waals surface area contributed by atoms with Gasteiger partial charge in [-0.3, -0.25) is 9.59 Å². The minimum absolute atomic E-state index is 0.0696. The largest absolute Gasteiger partial charge is 0.369 e. The third kappa shape index (κ3) is 2.61. The molecule has 1 unspecified atom stereocenters. The van der Waals surface area contributed by atoms with E-state index in [0.29, 0.717) is 6.54 Å². The van der Waals surface area contributed by atoms with E-state index in [2.05, 4.69) is 14.9 Å². The highest BCUT2D eigenvalue weighted by Gasteiger charge is 2.38. The third-order valence-corrected chi connectivity index (χ3v) is 5.62. The molecule has 1 aliphatic carbocycles. The molecule has 0 bridgehead atoms. The molecule has 7 nitrogen and oxygen atoms in total. The topological polar surface area (TPSA) is 92.4 Å². The number of piperidine rings is 1. The molecule has 3 heterocycles. The summed E-state index contributed by atoms with van der Waals surface area (Å²) in [6.45, 7) is 2.26. The molecule has 2 aliphatic heterocycles. The molecule has 2 fully saturated rings. The molecular weight excluding hydrogens is 306 g/mol. The van der Waals surface area contributed by atoms with Gasteiger partial charge in [-0.15, -0.1) is 0 Å². The lowest BCUT2D eigenvalue weighted by Gasteiger charge is -2.37. The lowest BCUT2D eigenvalue weighted by Crippen LogP contribution is -2.46. The zero-order chi connectivity index (χ0) is 16.7. The van der Waals surface area contributed by atoms with Crippen LogP contribution in [0.4, 0.5) is 5.82 Å². The Morgan fingerprint density at radius 3 is 2.71 bits per heavy atom. The van der Waals surface area contributed by atoms with Crippen LogP contribution in [0.1, 0.15) is 36.9 Å². The Labute approximate surface area is 141 Å². The van der Waals surface area contributed by atoms with Gasteiger partial charge in [0.15, 0.2) is 0 Å².